The maximum atomic E-state index is 5.48. The lowest BCUT2D eigenvalue weighted by atomic mass is 9.80. The van der Waals surface area contributed by atoms with Crippen LogP contribution in [0.15, 0.2) is 16.7 Å². The van der Waals surface area contributed by atoms with Gasteiger partial charge in [-0.1, -0.05) is 6.92 Å². The zero-order valence-corrected chi connectivity index (χ0v) is 14.2. The number of H-pyrrole nitrogens is 1. The van der Waals surface area contributed by atoms with Crippen LogP contribution in [0.5, 0.6) is 0 Å². The summed E-state index contributed by atoms with van der Waals surface area (Å²) < 4.78 is 3.90. The maximum Gasteiger partial charge on any atom is 0.179 e. The molecule has 1 aliphatic rings. The van der Waals surface area contributed by atoms with E-state index in [4.69, 9.17) is 12.2 Å². The number of fused-ring (bicyclic) bond motifs is 1. The van der Waals surface area contributed by atoms with Crippen molar-refractivity contribution >= 4 is 39.3 Å². The number of pyridine rings is 1. The molecule has 0 unspecified atom stereocenters. The van der Waals surface area contributed by atoms with Crippen molar-refractivity contribution in [2.75, 3.05) is 20.1 Å². The Morgan fingerprint density at radius 3 is 2.85 bits per heavy atom. The van der Waals surface area contributed by atoms with Crippen LogP contribution in [0.25, 0.3) is 11.2 Å². The van der Waals surface area contributed by atoms with E-state index in [2.05, 4.69) is 49.3 Å². The second kappa shape index (κ2) is 5.24. The van der Waals surface area contributed by atoms with Gasteiger partial charge in [-0.3, -0.25) is 0 Å². The molecular formula is C14H19BrN4S. The number of nitrogens with one attached hydrogen (secondary N) is 1. The van der Waals surface area contributed by atoms with E-state index in [1.54, 1.807) is 0 Å². The molecular weight excluding hydrogens is 336 g/mol. The van der Waals surface area contributed by atoms with E-state index in [-0.39, 0.29) is 0 Å². The minimum Gasteiger partial charge on any atom is -0.329 e. The standard InChI is InChI=1S/C14H19BrN4S/c1-14(3-5-18(2)6-4-14)9-19-12-11(17-13(19)20)7-10(15)8-16-12/h7-8H,3-6,9H2,1-2H3,(H,17,20). The molecule has 0 amide bonds. The Morgan fingerprint density at radius 1 is 1.45 bits per heavy atom. The highest BCUT2D eigenvalue weighted by Gasteiger charge is 2.30. The van der Waals surface area contributed by atoms with Gasteiger partial charge in [-0.25, -0.2) is 4.98 Å². The van der Waals surface area contributed by atoms with Crippen molar-refractivity contribution < 1.29 is 0 Å². The van der Waals surface area contributed by atoms with Crippen molar-refractivity contribution in [1.29, 1.82) is 0 Å². The molecule has 1 fully saturated rings. The van der Waals surface area contributed by atoms with E-state index in [1.165, 1.54) is 12.8 Å². The molecule has 4 nitrogen and oxygen atoms in total. The molecule has 2 aromatic rings. The van der Waals surface area contributed by atoms with E-state index >= 15 is 0 Å². The van der Waals surface area contributed by atoms with Crippen LogP contribution in [-0.4, -0.2) is 39.6 Å². The first-order valence-corrected chi connectivity index (χ1v) is 8.10. The third kappa shape index (κ3) is 2.69. The number of aromatic amines is 1. The summed E-state index contributed by atoms with van der Waals surface area (Å²) in [4.78, 5) is 10.2. The quantitative estimate of drug-likeness (QED) is 0.837. The van der Waals surface area contributed by atoms with Crippen LogP contribution in [0.2, 0.25) is 0 Å². The number of piperidine rings is 1. The molecule has 2 aromatic heterocycles. The second-order valence-corrected chi connectivity index (χ2v) is 7.46. The van der Waals surface area contributed by atoms with Gasteiger partial charge in [-0.2, -0.15) is 0 Å². The number of hydrogen-bond donors (Lipinski definition) is 1. The number of likely N-dealkylation sites (tertiary alicyclic amines) is 1. The summed E-state index contributed by atoms with van der Waals surface area (Å²) in [6, 6.07) is 2.03. The molecule has 3 rings (SSSR count). The summed E-state index contributed by atoms with van der Waals surface area (Å²) in [5.74, 6) is 0. The Bertz CT molecular complexity index is 682. The van der Waals surface area contributed by atoms with Gasteiger partial charge in [0.25, 0.3) is 0 Å². The number of rotatable bonds is 2. The van der Waals surface area contributed by atoms with E-state index in [0.29, 0.717) is 5.41 Å². The van der Waals surface area contributed by atoms with Gasteiger partial charge in [0.2, 0.25) is 0 Å². The smallest absolute Gasteiger partial charge is 0.179 e. The highest BCUT2D eigenvalue weighted by Crippen LogP contribution is 2.33. The predicted molar refractivity (Wildman–Crippen MR) is 87.5 cm³/mol. The highest BCUT2D eigenvalue weighted by molar-refractivity contribution is 9.10. The van der Waals surface area contributed by atoms with Crippen molar-refractivity contribution in [3.8, 4) is 0 Å². The third-order valence-electron chi connectivity index (χ3n) is 4.31. The lowest BCUT2D eigenvalue weighted by Gasteiger charge is -2.38. The SMILES string of the molecule is CN1CCC(C)(Cn2c(=S)[nH]c3cc(Br)cnc32)CC1. The van der Waals surface area contributed by atoms with Gasteiger partial charge >= 0.3 is 0 Å². The van der Waals surface area contributed by atoms with Crippen LogP contribution in [0.3, 0.4) is 0 Å². The summed E-state index contributed by atoms with van der Waals surface area (Å²) in [5, 5.41) is 0. The monoisotopic (exact) mass is 354 g/mol. The largest absolute Gasteiger partial charge is 0.329 e. The lowest BCUT2D eigenvalue weighted by molar-refractivity contribution is 0.121. The molecule has 6 heteroatoms. The number of hydrogen-bond acceptors (Lipinski definition) is 3. The summed E-state index contributed by atoms with van der Waals surface area (Å²) >= 11 is 8.93. The molecule has 1 aliphatic heterocycles. The Balaban J connectivity index is 1.95. The normalized spacial score (nSPS) is 19.6. The molecule has 1 N–H and O–H groups in total. The van der Waals surface area contributed by atoms with Crippen LogP contribution >= 0.6 is 28.1 Å². The fraction of sp³-hybridized carbons (Fsp3) is 0.571. The number of imidazole rings is 1. The molecule has 0 radical (unpaired) electrons. The number of nitrogens with zero attached hydrogens (tertiary/aromatic N) is 3. The van der Waals surface area contributed by atoms with Gasteiger partial charge < -0.3 is 14.5 Å². The van der Waals surface area contributed by atoms with Crippen molar-refractivity contribution in [1.82, 2.24) is 19.4 Å². The highest BCUT2D eigenvalue weighted by atomic mass is 79.9. The average molecular weight is 355 g/mol. The Labute approximate surface area is 132 Å². The first kappa shape index (κ1) is 14.2. The van der Waals surface area contributed by atoms with Crippen molar-refractivity contribution in [3.63, 3.8) is 0 Å². The summed E-state index contributed by atoms with van der Waals surface area (Å²) in [5.41, 5.74) is 2.26. The molecule has 0 aliphatic carbocycles. The first-order valence-electron chi connectivity index (χ1n) is 6.89. The molecule has 0 bridgehead atoms. The van der Waals surface area contributed by atoms with E-state index in [9.17, 15) is 0 Å². The van der Waals surface area contributed by atoms with Crippen molar-refractivity contribution in [3.05, 3.63) is 21.5 Å². The van der Waals surface area contributed by atoms with Gasteiger partial charge in [0.05, 0.1) is 5.52 Å². The van der Waals surface area contributed by atoms with Gasteiger partial charge in [-0.05, 0) is 72.6 Å². The fourth-order valence-corrected chi connectivity index (χ4v) is 3.46. The van der Waals surface area contributed by atoms with Crippen molar-refractivity contribution in [2.24, 2.45) is 5.41 Å². The van der Waals surface area contributed by atoms with Crippen LogP contribution in [-0.2, 0) is 6.54 Å². The Morgan fingerprint density at radius 2 is 2.15 bits per heavy atom. The third-order valence-corrected chi connectivity index (χ3v) is 5.07. The Kier molecular flexibility index (Phi) is 3.73. The fourth-order valence-electron chi connectivity index (χ4n) is 2.86. The number of aromatic nitrogens is 3. The summed E-state index contributed by atoms with van der Waals surface area (Å²) in [6.45, 7) is 5.62. The van der Waals surface area contributed by atoms with Crippen LogP contribution in [0.1, 0.15) is 19.8 Å². The topological polar surface area (TPSA) is 36.9 Å². The average Bonchev–Trinajstić information content (AvgIpc) is 2.69. The van der Waals surface area contributed by atoms with Crippen LogP contribution < -0.4 is 0 Å². The summed E-state index contributed by atoms with van der Waals surface area (Å²) in [6.07, 6.45) is 4.24. The van der Waals surface area contributed by atoms with Crippen LogP contribution in [0.4, 0.5) is 0 Å². The predicted octanol–water partition coefficient (Wildman–Crippen LogP) is 3.59. The van der Waals surface area contributed by atoms with E-state index in [0.717, 1.165) is 40.0 Å². The molecule has 3 heterocycles. The molecule has 1 saturated heterocycles. The first-order chi connectivity index (χ1) is 9.47. The molecule has 0 atom stereocenters. The van der Waals surface area contributed by atoms with Gasteiger partial charge in [0, 0.05) is 17.2 Å². The van der Waals surface area contributed by atoms with E-state index in [1.807, 2.05) is 12.3 Å². The second-order valence-electron chi connectivity index (χ2n) is 6.15. The Hall–Kier alpha value is -0.720. The lowest BCUT2D eigenvalue weighted by Crippen LogP contribution is -2.38. The number of halogens is 1. The summed E-state index contributed by atoms with van der Waals surface area (Å²) in [7, 11) is 2.19. The minimum absolute atomic E-state index is 0.300. The zero-order valence-electron chi connectivity index (χ0n) is 11.8. The van der Waals surface area contributed by atoms with E-state index < -0.39 is 0 Å². The van der Waals surface area contributed by atoms with Gasteiger partial charge in [-0.15, -0.1) is 0 Å². The molecule has 20 heavy (non-hydrogen) atoms. The van der Waals surface area contributed by atoms with Crippen molar-refractivity contribution in [2.45, 2.75) is 26.3 Å². The molecule has 108 valence electrons. The maximum absolute atomic E-state index is 5.48. The molecule has 0 spiro atoms. The zero-order chi connectivity index (χ0) is 14.3. The molecule has 0 aromatic carbocycles. The molecule has 0 saturated carbocycles. The van der Waals surface area contributed by atoms with Gasteiger partial charge in [0.15, 0.2) is 10.4 Å². The van der Waals surface area contributed by atoms with Gasteiger partial charge in [0.1, 0.15) is 0 Å². The minimum atomic E-state index is 0.300. The van der Waals surface area contributed by atoms with Crippen LogP contribution in [0, 0.1) is 10.2 Å².